The lowest BCUT2D eigenvalue weighted by atomic mass is 9.97. The summed E-state index contributed by atoms with van der Waals surface area (Å²) in [6, 6.07) is 8.11. The number of hydrogen-bond acceptors (Lipinski definition) is 7. The second kappa shape index (κ2) is 8.46. The molecule has 4 heterocycles. The van der Waals surface area contributed by atoms with Crippen molar-refractivity contribution in [2.75, 3.05) is 0 Å². The number of amides is 1. The van der Waals surface area contributed by atoms with Crippen molar-refractivity contribution in [3.63, 3.8) is 0 Å². The summed E-state index contributed by atoms with van der Waals surface area (Å²) in [5, 5.41) is 19.3. The Labute approximate surface area is 202 Å². The minimum absolute atomic E-state index is 0.0368. The number of aryl methyl sites for hydroxylation is 2. The van der Waals surface area contributed by atoms with E-state index in [-0.39, 0.29) is 11.3 Å². The van der Waals surface area contributed by atoms with Crippen molar-refractivity contribution in [2.24, 2.45) is 7.05 Å². The number of nitrogens with one attached hydrogen (secondary N) is 1. The van der Waals surface area contributed by atoms with E-state index >= 15 is 0 Å². The number of rotatable bonds is 5. The molecule has 1 amide bonds. The lowest BCUT2D eigenvalue weighted by molar-refractivity contribution is 0.0912. The van der Waals surface area contributed by atoms with Crippen LogP contribution in [0.4, 0.5) is 0 Å². The third-order valence-corrected chi connectivity index (χ3v) is 5.76. The highest BCUT2D eigenvalue weighted by molar-refractivity contribution is 5.89. The molecule has 0 saturated carbocycles. The molecule has 0 spiro atoms. The Balaban J connectivity index is 1.36. The van der Waals surface area contributed by atoms with Crippen LogP contribution >= 0.6 is 0 Å². The first-order valence-corrected chi connectivity index (χ1v) is 11.2. The second-order valence-electron chi connectivity index (χ2n) is 9.56. The molecule has 0 fully saturated rings. The molecule has 0 aliphatic heterocycles. The van der Waals surface area contributed by atoms with E-state index in [1.807, 2.05) is 70.0 Å². The largest absolute Gasteiger partial charge is 0.416 e. The molecular formula is C25H26N8O2. The van der Waals surface area contributed by atoms with Crippen LogP contribution in [0.1, 0.15) is 48.5 Å². The van der Waals surface area contributed by atoms with Crippen LogP contribution in [0.25, 0.3) is 27.9 Å². The van der Waals surface area contributed by atoms with Gasteiger partial charge in [-0.15, -0.1) is 10.2 Å². The van der Waals surface area contributed by atoms with E-state index in [1.165, 1.54) is 0 Å². The number of aromatic nitrogens is 7. The number of carbonyl (C=O) groups is 1. The average molecular weight is 471 g/mol. The molecule has 178 valence electrons. The van der Waals surface area contributed by atoms with Crippen LogP contribution < -0.4 is 5.32 Å². The van der Waals surface area contributed by atoms with Crippen LogP contribution in [0.15, 0.2) is 53.6 Å². The van der Waals surface area contributed by atoms with Crippen molar-refractivity contribution in [1.82, 2.24) is 39.9 Å². The van der Waals surface area contributed by atoms with Gasteiger partial charge in [-0.25, -0.2) is 9.50 Å². The van der Waals surface area contributed by atoms with Crippen LogP contribution in [0.5, 0.6) is 0 Å². The molecule has 10 heteroatoms. The minimum atomic E-state index is -0.398. The number of fused-ring (bicyclic) bond motifs is 1. The van der Waals surface area contributed by atoms with Crippen molar-refractivity contribution < 1.29 is 9.21 Å². The van der Waals surface area contributed by atoms with Crippen LogP contribution in [0.3, 0.4) is 0 Å². The van der Waals surface area contributed by atoms with Gasteiger partial charge in [0.25, 0.3) is 0 Å². The molecule has 4 aromatic heterocycles. The predicted molar refractivity (Wildman–Crippen MR) is 130 cm³/mol. The van der Waals surface area contributed by atoms with E-state index in [0.29, 0.717) is 12.4 Å². The van der Waals surface area contributed by atoms with Gasteiger partial charge in [-0.1, -0.05) is 32.9 Å². The molecule has 0 atom stereocenters. The third kappa shape index (κ3) is 4.42. The molecule has 0 unspecified atom stereocenters. The molecule has 0 saturated heterocycles. The fourth-order valence-electron chi connectivity index (χ4n) is 3.79. The van der Waals surface area contributed by atoms with Gasteiger partial charge in [0.05, 0.1) is 17.4 Å². The van der Waals surface area contributed by atoms with Crippen LogP contribution in [0.2, 0.25) is 0 Å². The number of benzene rings is 1. The molecule has 35 heavy (non-hydrogen) atoms. The molecule has 0 aliphatic carbocycles. The highest BCUT2D eigenvalue weighted by atomic mass is 16.4. The molecule has 1 aromatic carbocycles. The third-order valence-electron chi connectivity index (χ3n) is 5.76. The van der Waals surface area contributed by atoms with E-state index in [4.69, 9.17) is 4.42 Å². The van der Waals surface area contributed by atoms with Gasteiger partial charge >= 0.3 is 11.8 Å². The zero-order valence-corrected chi connectivity index (χ0v) is 20.3. The molecule has 1 N–H and O–H groups in total. The topological polar surface area (TPSA) is 116 Å². The van der Waals surface area contributed by atoms with Crippen molar-refractivity contribution in [2.45, 2.75) is 39.7 Å². The summed E-state index contributed by atoms with van der Waals surface area (Å²) >= 11 is 0. The summed E-state index contributed by atoms with van der Waals surface area (Å²) in [5.41, 5.74) is 6.42. The zero-order valence-electron chi connectivity index (χ0n) is 20.3. The summed E-state index contributed by atoms with van der Waals surface area (Å²) in [6.07, 6.45) is 7.31. The first-order valence-electron chi connectivity index (χ1n) is 11.2. The van der Waals surface area contributed by atoms with Crippen molar-refractivity contribution in [3.8, 4) is 22.4 Å². The Hall–Kier alpha value is -4.34. The van der Waals surface area contributed by atoms with Gasteiger partial charge in [0.2, 0.25) is 5.89 Å². The molecule has 0 radical (unpaired) electrons. The van der Waals surface area contributed by atoms with Crippen molar-refractivity contribution in [1.29, 1.82) is 0 Å². The predicted octanol–water partition coefficient (Wildman–Crippen LogP) is 3.72. The van der Waals surface area contributed by atoms with Gasteiger partial charge in [-0.3, -0.25) is 9.48 Å². The van der Waals surface area contributed by atoms with E-state index in [0.717, 1.165) is 39.0 Å². The van der Waals surface area contributed by atoms with E-state index in [2.05, 4.69) is 42.8 Å². The monoisotopic (exact) mass is 470 g/mol. The van der Waals surface area contributed by atoms with Crippen LogP contribution in [-0.4, -0.2) is 40.5 Å². The summed E-state index contributed by atoms with van der Waals surface area (Å²) in [7, 11) is 1.89. The minimum Gasteiger partial charge on any atom is -0.416 e. The van der Waals surface area contributed by atoms with Gasteiger partial charge in [-0.2, -0.15) is 10.2 Å². The second-order valence-corrected chi connectivity index (χ2v) is 9.56. The molecule has 5 aromatic rings. The maximum absolute atomic E-state index is 12.5. The van der Waals surface area contributed by atoms with Gasteiger partial charge in [-0.05, 0) is 30.2 Å². The Morgan fingerprint density at radius 3 is 2.57 bits per heavy atom. The normalized spacial score (nSPS) is 11.8. The zero-order chi connectivity index (χ0) is 24.7. The molecule has 0 aliphatic rings. The first kappa shape index (κ1) is 22.5. The van der Waals surface area contributed by atoms with Gasteiger partial charge in [0.1, 0.15) is 6.33 Å². The number of carbonyl (C=O) groups excluding carboxylic acids is 1. The highest BCUT2D eigenvalue weighted by Gasteiger charge is 2.24. The van der Waals surface area contributed by atoms with Gasteiger partial charge < -0.3 is 9.73 Å². The Bertz CT molecular complexity index is 1540. The standard InChI is InChI=1S/C25H26N8O2/c1-15-8-16(6-7-17(15)10-26-22(34)23-30-31-24(35-23)25(2,3)4)21-20-9-18(13-33(20)29-14-27-21)19-11-28-32(5)12-19/h6-9,11-14H,10H2,1-5H3,(H,26,34). The summed E-state index contributed by atoms with van der Waals surface area (Å²) in [5.74, 6) is -0.00764. The number of hydrogen-bond donors (Lipinski definition) is 1. The van der Waals surface area contributed by atoms with Crippen LogP contribution in [0, 0.1) is 6.92 Å². The highest BCUT2D eigenvalue weighted by Crippen LogP contribution is 2.29. The fourth-order valence-corrected chi connectivity index (χ4v) is 3.79. The van der Waals surface area contributed by atoms with Crippen LogP contribution in [-0.2, 0) is 19.0 Å². The summed E-state index contributed by atoms with van der Waals surface area (Å²) in [4.78, 5) is 17.0. The quantitative estimate of drug-likeness (QED) is 0.416. The van der Waals surface area contributed by atoms with Gasteiger partial charge in [0.15, 0.2) is 0 Å². The maximum Gasteiger partial charge on any atom is 0.309 e. The van der Waals surface area contributed by atoms with Crippen molar-refractivity contribution >= 4 is 11.4 Å². The first-order chi connectivity index (χ1) is 16.7. The summed E-state index contributed by atoms with van der Waals surface area (Å²) < 4.78 is 9.12. The molecule has 0 bridgehead atoms. The lowest BCUT2D eigenvalue weighted by Gasteiger charge is -2.11. The Morgan fingerprint density at radius 1 is 1.06 bits per heavy atom. The summed E-state index contributed by atoms with van der Waals surface area (Å²) in [6.45, 7) is 8.20. The fraction of sp³-hybridized carbons (Fsp3) is 0.280. The Morgan fingerprint density at radius 2 is 1.89 bits per heavy atom. The van der Waals surface area contributed by atoms with E-state index in [1.54, 1.807) is 11.0 Å². The van der Waals surface area contributed by atoms with E-state index < -0.39 is 5.91 Å². The maximum atomic E-state index is 12.5. The molecule has 10 nitrogen and oxygen atoms in total. The lowest BCUT2D eigenvalue weighted by Crippen LogP contribution is -2.23. The van der Waals surface area contributed by atoms with Crippen molar-refractivity contribution in [3.05, 3.63) is 72.1 Å². The number of nitrogens with zero attached hydrogens (tertiary/aromatic N) is 7. The van der Waals surface area contributed by atoms with E-state index in [9.17, 15) is 4.79 Å². The smallest absolute Gasteiger partial charge is 0.309 e. The molecule has 5 rings (SSSR count). The average Bonchev–Trinajstić information content (AvgIpc) is 3.56. The molecular weight excluding hydrogens is 444 g/mol. The van der Waals surface area contributed by atoms with Gasteiger partial charge in [0, 0.05) is 48.1 Å². The SMILES string of the molecule is Cc1cc(-c2ncnn3cc(-c4cnn(C)c4)cc23)ccc1CNC(=O)c1nnc(C(C)(C)C)o1. The Kier molecular flexibility index (Phi) is 5.43.